The van der Waals surface area contributed by atoms with Crippen molar-refractivity contribution < 1.29 is 4.92 Å². The van der Waals surface area contributed by atoms with Crippen LogP contribution in [0.3, 0.4) is 0 Å². The van der Waals surface area contributed by atoms with Crippen LogP contribution in [0.2, 0.25) is 0 Å². The summed E-state index contributed by atoms with van der Waals surface area (Å²) in [6, 6.07) is 15.1. The topological polar surface area (TPSA) is 89.5 Å². The van der Waals surface area contributed by atoms with Crippen molar-refractivity contribution in [2.75, 3.05) is 19.0 Å². The third kappa shape index (κ3) is 4.55. The molecule has 0 atom stereocenters. The molecule has 1 aromatic heterocycles. The van der Waals surface area contributed by atoms with Gasteiger partial charge in [-0.25, -0.2) is 0 Å². The molecule has 0 unspecified atom stereocenters. The maximum atomic E-state index is 11.3. The first kappa shape index (κ1) is 19.6. The van der Waals surface area contributed by atoms with Crippen molar-refractivity contribution in [3.63, 3.8) is 0 Å². The third-order valence-corrected chi connectivity index (χ3v) is 4.97. The Morgan fingerprint density at radius 3 is 2.64 bits per heavy atom. The number of nitro benzene ring substituents is 1. The number of aromatic nitrogens is 3. The Balaban J connectivity index is 1.82. The van der Waals surface area contributed by atoms with Gasteiger partial charge in [-0.3, -0.25) is 10.1 Å². The zero-order chi connectivity index (χ0) is 20.1. The molecule has 28 heavy (non-hydrogen) atoms. The van der Waals surface area contributed by atoms with Crippen molar-refractivity contribution in [2.45, 2.75) is 17.8 Å². The summed E-state index contributed by atoms with van der Waals surface area (Å²) in [6.07, 6.45) is 1.58. The molecule has 0 saturated carbocycles. The van der Waals surface area contributed by atoms with Crippen LogP contribution in [-0.2, 0) is 5.75 Å². The molecule has 3 rings (SSSR count). The Bertz CT molecular complexity index is 1000. The summed E-state index contributed by atoms with van der Waals surface area (Å²) in [5.74, 6) is 1.39. The Labute approximate surface area is 167 Å². The summed E-state index contributed by atoms with van der Waals surface area (Å²) in [6.45, 7) is 1.81. The molecule has 0 fully saturated rings. The van der Waals surface area contributed by atoms with Crippen molar-refractivity contribution in [3.8, 4) is 0 Å². The molecule has 144 valence electrons. The molecule has 0 saturated heterocycles. The lowest BCUT2D eigenvalue weighted by molar-refractivity contribution is -0.384. The minimum absolute atomic E-state index is 0.0353. The Morgan fingerprint density at radius 1 is 1.21 bits per heavy atom. The molecular formula is C19H20N6O2S. The van der Waals surface area contributed by atoms with E-state index in [-0.39, 0.29) is 5.69 Å². The molecule has 2 aromatic carbocycles. The number of hydrogen-bond acceptors (Lipinski definition) is 7. The van der Waals surface area contributed by atoms with E-state index >= 15 is 0 Å². The van der Waals surface area contributed by atoms with Crippen molar-refractivity contribution in [1.82, 2.24) is 14.9 Å². The van der Waals surface area contributed by atoms with E-state index in [4.69, 9.17) is 0 Å². The maximum Gasteiger partial charge on any atom is 0.293 e. The van der Waals surface area contributed by atoms with Crippen LogP contribution in [-0.4, -0.2) is 40.1 Å². The molecule has 1 heterocycles. The number of hydrogen-bond donors (Lipinski definition) is 0. The predicted molar refractivity (Wildman–Crippen MR) is 111 cm³/mol. The summed E-state index contributed by atoms with van der Waals surface area (Å²) < 4.78 is 1.64. The minimum Gasteiger partial charge on any atom is -0.372 e. The molecule has 0 bridgehead atoms. The summed E-state index contributed by atoms with van der Waals surface area (Å²) in [5, 5.41) is 24.7. The van der Waals surface area contributed by atoms with Gasteiger partial charge >= 0.3 is 0 Å². The Morgan fingerprint density at radius 2 is 1.96 bits per heavy atom. The lowest BCUT2D eigenvalue weighted by Gasteiger charge is -2.12. The highest BCUT2D eigenvalue weighted by Gasteiger charge is 2.16. The second kappa shape index (κ2) is 8.66. The highest BCUT2D eigenvalue weighted by atomic mass is 32.2. The Kier molecular flexibility index (Phi) is 6.05. The van der Waals surface area contributed by atoms with E-state index in [2.05, 4.69) is 27.4 Å². The lowest BCUT2D eigenvalue weighted by atomic mass is 10.2. The number of nitro groups is 1. The lowest BCUT2D eigenvalue weighted by Crippen LogP contribution is -2.11. The molecule has 0 aliphatic carbocycles. The van der Waals surface area contributed by atoms with Gasteiger partial charge in [0.1, 0.15) is 5.69 Å². The van der Waals surface area contributed by atoms with E-state index in [0.717, 1.165) is 5.75 Å². The largest absolute Gasteiger partial charge is 0.372 e. The fourth-order valence-electron chi connectivity index (χ4n) is 2.55. The summed E-state index contributed by atoms with van der Waals surface area (Å²) in [4.78, 5) is 12.7. The maximum absolute atomic E-state index is 11.3. The SMILES string of the molecule is Cc1nnc(SCc2ccccc2)n1/N=C\c1ccc(N(C)C)c([N+](=O)[O-])c1. The van der Waals surface area contributed by atoms with Gasteiger partial charge in [0.2, 0.25) is 5.16 Å². The van der Waals surface area contributed by atoms with Crippen molar-refractivity contribution >= 4 is 29.4 Å². The molecular weight excluding hydrogens is 376 g/mol. The van der Waals surface area contributed by atoms with Gasteiger partial charge in [0.15, 0.2) is 5.82 Å². The number of nitrogens with zero attached hydrogens (tertiary/aromatic N) is 6. The van der Waals surface area contributed by atoms with E-state index in [1.54, 1.807) is 42.0 Å². The van der Waals surface area contributed by atoms with Gasteiger partial charge in [-0.15, -0.1) is 10.2 Å². The molecule has 8 nitrogen and oxygen atoms in total. The van der Waals surface area contributed by atoms with Crippen LogP contribution < -0.4 is 4.90 Å². The van der Waals surface area contributed by atoms with Crippen LogP contribution in [0.1, 0.15) is 17.0 Å². The van der Waals surface area contributed by atoms with E-state index in [1.165, 1.54) is 23.4 Å². The molecule has 3 aromatic rings. The van der Waals surface area contributed by atoms with Crippen LogP contribution in [0, 0.1) is 17.0 Å². The fraction of sp³-hybridized carbons (Fsp3) is 0.211. The standard InChI is InChI=1S/C19H20N6O2S/c1-14-21-22-19(28-13-15-7-5-4-6-8-15)24(14)20-12-16-9-10-17(23(2)3)18(11-16)25(26)27/h4-12H,13H2,1-3H3/b20-12-. The molecule has 9 heteroatoms. The van der Waals surface area contributed by atoms with Gasteiger partial charge in [-0.1, -0.05) is 48.2 Å². The number of rotatable bonds is 7. The van der Waals surface area contributed by atoms with E-state index in [9.17, 15) is 10.1 Å². The number of anilines is 1. The third-order valence-electron chi connectivity index (χ3n) is 3.98. The highest BCUT2D eigenvalue weighted by Crippen LogP contribution is 2.27. The van der Waals surface area contributed by atoms with Crippen LogP contribution in [0.4, 0.5) is 11.4 Å². The van der Waals surface area contributed by atoms with Crippen LogP contribution in [0.15, 0.2) is 58.8 Å². The quantitative estimate of drug-likeness (QED) is 0.262. The summed E-state index contributed by atoms with van der Waals surface area (Å²) >= 11 is 1.53. The van der Waals surface area contributed by atoms with Gasteiger partial charge in [0.05, 0.1) is 11.1 Å². The zero-order valence-electron chi connectivity index (χ0n) is 15.8. The first-order chi connectivity index (χ1) is 13.5. The number of benzene rings is 2. The van der Waals surface area contributed by atoms with E-state index in [0.29, 0.717) is 22.2 Å². The second-order valence-electron chi connectivity index (χ2n) is 6.26. The average molecular weight is 396 g/mol. The molecule has 0 amide bonds. The first-order valence-electron chi connectivity index (χ1n) is 8.54. The molecule has 0 N–H and O–H groups in total. The normalized spacial score (nSPS) is 11.1. The minimum atomic E-state index is -0.391. The average Bonchev–Trinajstić information content (AvgIpc) is 3.04. The van der Waals surface area contributed by atoms with E-state index in [1.807, 2.05) is 25.1 Å². The smallest absolute Gasteiger partial charge is 0.293 e. The predicted octanol–water partition coefficient (Wildman–Crippen LogP) is 3.74. The number of aryl methyl sites for hydroxylation is 1. The van der Waals surface area contributed by atoms with Crippen molar-refractivity contribution in [3.05, 3.63) is 75.6 Å². The molecule has 0 aliphatic rings. The van der Waals surface area contributed by atoms with Gasteiger partial charge in [-0.2, -0.15) is 9.78 Å². The highest BCUT2D eigenvalue weighted by molar-refractivity contribution is 7.98. The Hall–Kier alpha value is -3.20. The zero-order valence-corrected chi connectivity index (χ0v) is 16.6. The van der Waals surface area contributed by atoms with Gasteiger partial charge in [-0.05, 0) is 18.6 Å². The second-order valence-corrected chi connectivity index (χ2v) is 7.20. The summed E-state index contributed by atoms with van der Waals surface area (Å²) in [7, 11) is 3.54. The van der Waals surface area contributed by atoms with E-state index < -0.39 is 4.92 Å². The summed E-state index contributed by atoms with van der Waals surface area (Å²) in [5.41, 5.74) is 2.39. The van der Waals surface area contributed by atoms with Gasteiger partial charge < -0.3 is 4.90 Å². The van der Waals surface area contributed by atoms with Crippen LogP contribution >= 0.6 is 11.8 Å². The molecule has 0 aliphatic heterocycles. The first-order valence-corrected chi connectivity index (χ1v) is 9.53. The van der Waals surface area contributed by atoms with Crippen molar-refractivity contribution in [2.24, 2.45) is 5.10 Å². The number of thioether (sulfide) groups is 1. The molecule has 0 spiro atoms. The fourth-order valence-corrected chi connectivity index (χ4v) is 3.44. The van der Waals surface area contributed by atoms with Crippen LogP contribution in [0.5, 0.6) is 0 Å². The monoisotopic (exact) mass is 396 g/mol. The van der Waals surface area contributed by atoms with Crippen molar-refractivity contribution in [1.29, 1.82) is 0 Å². The van der Waals surface area contributed by atoms with Crippen LogP contribution in [0.25, 0.3) is 0 Å². The van der Waals surface area contributed by atoms with Gasteiger partial charge in [0, 0.05) is 31.5 Å². The molecule has 0 radical (unpaired) electrons. The van der Waals surface area contributed by atoms with Gasteiger partial charge in [0.25, 0.3) is 5.69 Å².